The van der Waals surface area contributed by atoms with Crippen LogP contribution in [0.4, 0.5) is 5.69 Å². The van der Waals surface area contributed by atoms with Crippen LogP contribution in [0.15, 0.2) is 24.3 Å². The fourth-order valence-corrected chi connectivity index (χ4v) is 6.06. The topological polar surface area (TPSA) is 78.7 Å². The van der Waals surface area contributed by atoms with Gasteiger partial charge in [-0.15, -0.1) is 0 Å². The van der Waals surface area contributed by atoms with E-state index >= 15 is 0 Å². The molecular formula is C19H21NO5. The average Bonchev–Trinajstić information content (AvgIpc) is 2.75. The van der Waals surface area contributed by atoms with Crippen LogP contribution in [0.25, 0.3) is 0 Å². The molecule has 6 heteroatoms. The van der Waals surface area contributed by atoms with Crippen LogP contribution in [0.3, 0.4) is 0 Å². The van der Waals surface area contributed by atoms with Crippen LogP contribution in [0.1, 0.15) is 55.3 Å². The second kappa shape index (κ2) is 5.04. The van der Waals surface area contributed by atoms with Gasteiger partial charge < -0.3 is 9.47 Å². The van der Waals surface area contributed by atoms with E-state index in [0.29, 0.717) is 22.5 Å². The molecule has 4 aliphatic rings. The van der Waals surface area contributed by atoms with Gasteiger partial charge in [0.1, 0.15) is 6.10 Å². The number of carbonyl (C=O) groups excluding carboxylic acids is 1. The van der Waals surface area contributed by atoms with Gasteiger partial charge in [-0.3, -0.25) is 10.1 Å². The number of carbonyl (C=O) groups is 1. The van der Waals surface area contributed by atoms with Crippen LogP contribution in [-0.4, -0.2) is 29.2 Å². The standard InChI is InChI=1S/C19H21NO5/c21-17(12-3-5-13(6-4-12)20(22)23)25-14-9-18-7-1-2-8-19(18)10-15(14)24-16(19)11-18/h3-6,14-16H,1-2,7-11H2/t14-,15-,16+,18-,19+/m1/s1. The highest BCUT2D eigenvalue weighted by Gasteiger charge is 2.74. The van der Waals surface area contributed by atoms with E-state index in [-0.39, 0.29) is 17.9 Å². The molecule has 1 aromatic rings. The number of hydrogen-bond acceptors (Lipinski definition) is 5. The fourth-order valence-electron chi connectivity index (χ4n) is 6.06. The first kappa shape index (κ1) is 15.3. The largest absolute Gasteiger partial charge is 0.456 e. The molecule has 1 heterocycles. The molecule has 0 aromatic heterocycles. The Balaban J connectivity index is 1.33. The van der Waals surface area contributed by atoms with Gasteiger partial charge in [0.05, 0.1) is 22.7 Å². The number of nitrogens with zero attached hydrogens (tertiary/aromatic N) is 1. The van der Waals surface area contributed by atoms with Gasteiger partial charge in [-0.2, -0.15) is 0 Å². The number of non-ortho nitro benzene ring substituents is 1. The van der Waals surface area contributed by atoms with E-state index in [0.717, 1.165) is 19.3 Å². The first-order valence-electron chi connectivity index (χ1n) is 9.14. The van der Waals surface area contributed by atoms with Crippen molar-refractivity contribution in [3.63, 3.8) is 0 Å². The van der Waals surface area contributed by atoms with Gasteiger partial charge in [0.15, 0.2) is 0 Å². The molecule has 6 nitrogen and oxygen atoms in total. The SMILES string of the molecule is O=C(O[C@@H]1C[C@@]23CCCC[C@@]24C[C@H]1O[C@H]4C3)c1ccc([N+](=O)[O-])cc1. The summed E-state index contributed by atoms with van der Waals surface area (Å²) in [5, 5.41) is 10.7. The summed E-state index contributed by atoms with van der Waals surface area (Å²) in [6.07, 6.45) is 8.28. The summed E-state index contributed by atoms with van der Waals surface area (Å²) in [7, 11) is 0. The van der Waals surface area contributed by atoms with Crippen LogP contribution < -0.4 is 0 Å². The lowest BCUT2D eigenvalue weighted by Crippen LogP contribution is -2.63. The Labute approximate surface area is 145 Å². The second-order valence-corrected chi connectivity index (χ2v) is 8.17. The van der Waals surface area contributed by atoms with Crippen LogP contribution in [0, 0.1) is 20.9 Å². The van der Waals surface area contributed by atoms with Gasteiger partial charge in [-0.1, -0.05) is 12.8 Å². The third-order valence-electron chi connectivity index (χ3n) is 7.26. The number of fused-ring (bicyclic) bond motifs is 1. The molecule has 3 aliphatic carbocycles. The highest BCUT2D eigenvalue weighted by Crippen LogP contribution is 2.75. The van der Waals surface area contributed by atoms with Crippen molar-refractivity contribution < 1.29 is 19.2 Å². The molecule has 0 unspecified atom stereocenters. The van der Waals surface area contributed by atoms with Gasteiger partial charge in [-0.25, -0.2) is 4.79 Å². The number of hydrogen-bond donors (Lipinski definition) is 0. The van der Waals surface area contributed by atoms with Crippen molar-refractivity contribution in [1.29, 1.82) is 0 Å². The molecule has 0 radical (unpaired) electrons. The Morgan fingerprint density at radius 1 is 1.16 bits per heavy atom. The summed E-state index contributed by atoms with van der Waals surface area (Å²) < 4.78 is 12.1. The Kier molecular flexibility index (Phi) is 3.08. The molecule has 5 rings (SSSR count). The average molecular weight is 343 g/mol. The lowest BCUT2D eigenvalue weighted by Gasteiger charge is -2.65. The van der Waals surface area contributed by atoms with Crippen LogP contribution in [0.5, 0.6) is 0 Å². The third kappa shape index (κ3) is 1.97. The molecule has 4 fully saturated rings. The van der Waals surface area contributed by atoms with Crippen LogP contribution in [0.2, 0.25) is 0 Å². The number of rotatable bonds is 3. The molecule has 25 heavy (non-hydrogen) atoms. The first-order valence-corrected chi connectivity index (χ1v) is 9.14. The molecule has 132 valence electrons. The second-order valence-electron chi connectivity index (χ2n) is 8.17. The van der Waals surface area contributed by atoms with E-state index in [1.165, 1.54) is 49.9 Å². The fraction of sp³-hybridized carbons (Fsp3) is 0.632. The van der Waals surface area contributed by atoms with E-state index in [4.69, 9.17) is 9.47 Å². The highest BCUT2D eigenvalue weighted by molar-refractivity contribution is 5.89. The van der Waals surface area contributed by atoms with Gasteiger partial charge in [0, 0.05) is 17.5 Å². The van der Waals surface area contributed by atoms with E-state index in [1.807, 2.05) is 0 Å². The van der Waals surface area contributed by atoms with Crippen LogP contribution in [-0.2, 0) is 9.47 Å². The number of nitro groups is 1. The zero-order valence-electron chi connectivity index (χ0n) is 14.0. The lowest BCUT2D eigenvalue weighted by atomic mass is 9.39. The lowest BCUT2D eigenvalue weighted by molar-refractivity contribution is -0.384. The maximum atomic E-state index is 12.5. The Morgan fingerprint density at radius 2 is 1.92 bits per heavy atom. The molecule has 1 spiro atoms. The molecule has 0 amide bonds. The van der Waals surface area contributed by atoms with Gasteiger partial charge in [-0.05, 0) is 49.7 Å². The Morgan fingerprint density at radius 3 is 2.68 bits per heavy atom. The quantitative estimate of drug-likeness (QED) is 0.476. The van der Waals surface area contributed by atoms with Gasteiger partial charge in [0.25, 0.3) is 5.69 Å². The van der Waals surface area contributed by atoms with E-state index in [9.17, 15) is 14.9 Å². The monoisotopic (exact) mass is 343 g/mol. The number of benzene rings is 1. The molecule has 1 saturated heterocycles. The van der Waals surface area contributed by atoms with Crippen molar-refractivity contribution in [2.45, 2.75) is 63.3 Å². The van der Waals surface area contributed by atoms with Crippen molar-refractivity contribution in [1.82, 2.24) is 0 Å². The minimum atomic E-state index is -0.475. The maximum Gasteiger partial charge on any atom is 0.338 e. The highest BCUT2D eigenvalue weighted by atomic mass is 16.6. The molecule has 2 bridgehead atoms. The predicted octanol–water partition coefficient (Wildman–Crippen LogP) is 3.63. The summed E-state index contributed by atoms with van der Waals surface area (Å²) in [5.41, 5.74) is 0.990. The zero-order valence-corrected chi connectivity index (χ0v) is 14.0. The van der Waals surface area contributed by atoms with Crippen molar-refractivity contribution in [3.8, 4) is 0 Å². The van der Waals surface area contributed by atoms with E-state index < -0.39 is 10.9 Å². The summed E-state index contributed by atoms with van der Waals surface area (Å²) in [6, 6.07) is 5.60. The van der Waals surface area contributed by atoms with Crippen molar-refractivity contribution in [2.75, 3.05) is 0 Å². The minimum Gasteiger partial charge on any atom is -0.456 e. The molecule has 5 atom stereocenters. The zero-order chi connectivity index (χ0) is 17.2. The molecular weight excluding hydrogens is 322 g/mol. The smallest absolute Gasteiger partial charge is 0.338 e. The van der Waals surface area contributed by atoms with Crippen molar-refractivity contribution in [3.05, 3.63) is 39.9 Å². The number of nitro benzene ring substituents is 1. The Hall–Kier alpha value is -1.95. The van der Waals surface area contributed by atoms with E-state index in [1.54, 1.807) is 0 Å². The normalized spacial score (nSPS) is 40.7. The summed E-state index contributed by atoms with van der Waals surface area (Å²) in [6.45, 7) is 0. The number of esters is 1. The first-order chi connectivity index (χ1) is 12.0. The molecule has 0 N–H and O–H groups in total. The number of ether oxygens (including phenoxy) is 2. The maximum absolute atomic E-state index is 12.5. The summed E-state index contributed by atoms with van der Waals surface area (Å²) in [5.74, 6) is -0.410. The predicted molar refractivity (Wildman–Crippen MR) is 88.1 cm³/mol. The van der Waals surface area contributed by atoms with Gasteiger partial charge in [0.2, 0.25) is 0 Å². The Bertz CT molecular complexity index is 747. The molecule has 1 aliphatic heterocycles. The molecule has 3 saturated carbocycles. The van der Waals surface area contributed by atoms with Gasteiger partial charge >= 0.3 is 5.97 Å². The summed E-state index contributed by atoms with van der Waals surface area (Å²) in [4.78, 5) is 22.8. The van der Waals surface area contributed by atoms with E-state index in [2.05, 4.69) is 0 Å². The minimum absolute atomic E-state index is 0.0146. The van der Waals surface area contributed by atoms with Crippen molar-refractivity contribution in [2.24, 2.45) is 10.8 Å². The molecule has 1 aromatic carbocycles. The third-order valence-corrected chi connectivity index (χ3v) is 7.26. The van der Waals surface area contributed by atoms with Crippen molar-refractivity contribution >= 4 is 11.7 Å². The summed E-state index contributed by atoms with van der Waals surface area (Å²) >= 11 is 0. The van der Waals surface area contributed by atoms with Crippen LogP contribution >= 0.6 is 0 Å².